The summed E-state index contributed by atoms with van der Waals surface area (Å²) in [6, 6.07) is 0. The lowest BCUT2D eigenvalue weighted by Crippen LogP contribution is -2.35. The second kappa shape index (κ2) is 11.7. The number of carbonyl (C=O) groups is 2. The molecule has 1 saturated heterocycles. The number of esters is 2. The van der Waals surface area contributed by atoms with E-state index in [9.17, 15) is 19.2 Å². The van der Waals surface area contributed by atoms with Gasteiger partial charge in [-0.15, -0.1) is 5.10 Å². The van der Waals surface area contributed by atoms with E-state index >= 15 is 0 Å². The van der Waals surface area contributed by atoms with Crippen LogP contribution in [0.2, 0.25) is 0 Å². The Balaban J connectivity index is 1.74. The molecule has 186 valence electrons. The normalized spacial score (nSPS) is 19.8. The molecule has 1 aliphatic rings. The maximum Gasteiger partial charge on any atom is 0.330 e. The van der Waals surface area contributed by atoms with Crippen molar-refractivity contribution in [2.24, 2.45) is 0 Å². The van der Waals surface area contributed by atoms with Crippen LogP contribution < -0.4 is 11.2 Å². The van der Waals surface area contributed by atoms with Gasteiger partial charge in [0, 0.05) is 32.7 Å². The van der Waals surface area contributed by atoms with E-state index in [4.69, 9.17) is 14.2 Å². The van der Waals surface area contributed by atoms with E-state index < -0.39 is 41.6 Å². The number of hydrogen-bond donors (Lipinski definition) is 1. The fraction of sp³-hybridized carbons (Fsp3) is 0.636. The van der Waals surface area contributed by atoms with Crippen molar-refractivity contribution in [3.8, 4) is 0 Å². The molecule has 0 saturated carbocycles. The SMILES string of the molecule is CCCCCCc1cn(Cc2cn([C@H]3C[C@H](OC(C)=O)[C@@H](COC(C)=O)O3)c(=O)[nH]c2=O)nn1. The van der Waals surface area contributed by atoms with Crippen LogP contribution in [0.25, 0.3) is 0 Å². The first kappa shape index (κ1) is 25.3. The molecular formula is C22H31N5O7. The highest BCUT2D eigenvalue weighted by atomic mass is 16.6. The monoisotopic (exact) mass is 477 g/mol. The van der Waals surface area contributed by atoms with Gasteiger partial charge in [0.25, 0.3) is 5.56 Å². The van der Waals surface area contributed by atoms with Crippen LogP contribution in [0, 0.1) is 0 Å². The molecule has 0 aliphatic carbocycles. The molecule has 3 heterocycles. The van der Waals surface area contributed by atoms with E-state index in [-0.39, 0.29) is 25.1 Å². The fourth-order valence-electron chi connectivity index (χ4n) is 3.85. The Morgan fingerprint density at radius 3 is 2.68 bits per heavy atom. The van der Waals surface area contributed by atoms with Crippen LogP contribution in [0.1, 0.15) is 70.4 Å². The number of ether oxygens (including phenoxy) is 3. The highest BCUT2D eigenvalue weighted by molar-refractivity contribution is 5.66. The molecule has 1 fully saturated rings. The van der Waals surface area contributed by atoms with Crippen molar-refractivity contribution >= 4 is 11.9 Å². The van der Waals surface area contributed by atoms with Crippen molar-refractivity contribution in [3.05, 3.63) is 44.5 Å². The van der Waals surface area contributed by atoms with Gasteiger partial charge in [-0.25, -0.2) is 9.48 Å². The summed E-state index contributed by atoms with van der Waals surface area (Å²) in [7, 11) is 0. The number of aromatic nitrogens is 5. The highest BCUT2D eigenvalue weighted by Crippen LogP contribution is 2.30. The zero-order valence-electron chi connectivity index (χ0n) is 19.7. The molecule has 0 unspecified atom stereocenters. The van der Waals surface area contributed by atoms with Crippen molar-refractivity contribution in [2.75, 3.05) is 6.61 Å². The predicted octanol–water partition coefficient (Wildman–Crippen LogP) is 1.08. The van der Waals surface area contributed by atoms with Crippen molar-refractivity contribution in [1.29, 1.82) is 0 Å². The Kier molecular flexibility index (Phi) is 8.74. The minimum Gasteiger partial charge on any atom is -0.463 e. The molecule has 12 heteroatoms. The van der Waals surface area contributed by atoms with Crippen LogP contribution in [-0.2, 0) is 36.8 Å². The van der Waals surface area contributed by atoms with Gasteiger partial charge >= 0.3 is 17.6 Å². The lowest BCUT2D eigenvalue weighted by atomic mass is 10.1. The van der Waals surface area contributed by atoms with Gasteiger partial charge in [-0.05, 0) is 12.8 Å². The standard InChI is InChI=1S/C22H31N5O7/c1-4-5-6-7-8-17-12-26(25-24-17)10-16-11-27(22(31)23-21(16)30)20-9-18(33-15(3)29)19(34-20)13-32-14(2)28/h11-12,18-20H,4-10,13H2,1-3H3,(H,23,30,31)/t18-,19+,20+/m0/s1. The third-order valence-corrected chi connectivity index (χ3v) is 5.51. The van der Waals surface area contributed by atoms with Gasteiger partial charge in [-0.3, -0.25) is 23.9 Å². The molecule has 34 heavy (non-hydrogen) atoms. The lowest BCUT2D eigenvalue weighted by Gasteiger charge is -2.17. The quantitative estimate of drug-likeness (QED) is 0.371. The summed E-state index contributed by atoms with van der Waals surface area (Å²) < 4.78 is 18.9. The number of nitrogens with one attached hydrogen (secondary N) is 1. The van der Waals surface area contributed by atoms with E-state index in [1.807, 2.05) is 0 Å². The first-order chi connectivity index (χ1) is 16.3. The van der Waals surface area contributed by atoms with Gasteiger partial charge in [0.15, 0.2) is 0 Å². The van der Waals surface area contributed by atoms with Crippen LogP contribution in [0.3, 0.4) is 0 Å². The maximum absolute atomic E-state index is 12.5. The average molecular weight is 478 g/mol. The van der Waals surface area contributed by atoms with Crippen LogP contribution in [-0.4, -0.2) is 55.3 Å². The van der Waals surface area contributed by atoms with Crippen LogP contribution in [0.15, 0.2) is 22.0 Å². The summed E-state index contributed by atoms with van der Waals surface area (Å²) in [4.78, 5) is 49.9. The molecule has 0 amide bonds. The largest absolute Gasteiger partial charge is 0.463 e. The average Bonchev–Trinajstić information content (AvgIpc) is 3.38. The Morgan fingerprint density at radius 2 is 1.97 bits per heavy atom. The summed E-state index contributed by atoms with van der Waals surface area (Å²) in [6.07, 6.45) is 6.37. The van der Waals surface area contributed by atoms with Crippen molar-refractivity contribution in [3.63, 3.8) is 0 Å². The first-order valence-corrected chi connectivity index (χ1v) is 11.5. The molecule has 3 rings (SSSR count). The van der Waals surface area contributed by atoms with Crippen LogP contribution in [0.5, 0.6) is 0 Å². The molecule has 3 atom stereocenters. The topological polar surface area (TPSA) is 147 Å². The number of unbranched alkanes of at least 4 members (excludes halogenated alkanes) is 3. The van der Waals surface area contributed by atoms with E-state index in [1.165, 1.54) is 31.0 Å². The Hall–Kier alpha value is -3.28. The zero-order chi connectivity index (χ0) is 24.7. The first-order valence-electron chi connectivity index (χ1n) is 11.5. The third kappa shape index (κ3) is 6.86. The van der Waals surface area contributed by atoms with Gasteiger partial charge in [-0.2, -0.15) is 0 Å². The van der Waals surface area contributed by atoms with Gasteiger partial charge in [0.2, 0.25) is 0 Å². The summed E-state index contributed by atoms with van der Waals surface area (Å²) >= 11 is 0. The van der Waals surface area contributed by atoms with Gasteiger partial charge in [0.1, 0.15) is 25.0 Å². The van der Waals surface area contributed by atoms with E-state index in [0.717, 1.165) is 31.4 Å². The second-order valence-electron chi connectivity index (χ2n) is 8.35. The minimum absolute atomic E-state index is 0.120. The molecule has 2 aromatic rings. The number of aromatic amines is 1. The molecule has 0 spiro atoms. The molecule has 2 aromatic heterocycles. The molecule has 1 N–H and O–H groups in total. The minimum atomic E-state index is -0.821. The third-order valence-electron chi connectivity index (χ3n) is 5.51. The van der Waals surface area contributed by atoms with Crippen LogP contribution >= 0.6 is 0 Å². The van der Waals surface area contributed by atoms with Gasteiger partial charge < -0.3 is 14.2 Å². The van der Waals surface area contributed by atoms with E-state index in [1.54, 1.807) is 10.9 Å². The van der Waals surface area contributed by atoms with Crippen LogP contribution in [0.4, 0.5) is 0 Å². The lowest BCUT2D eigenvalue weighted by molar-refractivity contribution is -0.155. The predicted molar refractivity (Wildman–Crippen MR) is 119 cm³/mol. The summed E-state index contributed by atoms with van der Waals surface area (Å²) in [6.45, 7) is 4.66. The summed E-state index contributed by atoms with van der Waals surface area (Å²) in [5.74, 6) is -1.03. The number of aryl methyl sites for hydroxylation is 1. The smallest absolute Gasteiger partial charge is 0.330 e. The number of H-pyrrole nitrogens is 1. The van der Waals surface area contributed by atoms with E-state index in [0.29, 0.717) is 0 Å². The van der Waals surface area contributed by atoms with Crippen molar-refractivity contribution < 1.29 is 23.8 Å². The number of rotatable bonds is 11. The maximum atomic E-state index is 12.5. The Labute approximate surface area is 196 Å². The number of hydrogen-bond acceptors (Lipinski definition) is 9. The molecule has 1 aliphatic heterocycles. The van der Waals surface area contributed by atoms with E-state index in [2.05, 4.69) is 22.2 Å². The van der Waals surface area contributed by atoms with Gasteiger partial charge in [-0.1, -0.05) is 31.4 Å². The van der Waals surface area contributed by atoms with Crippen molar-refractivity contribution in [1.82, 2.24) is 24.5 Å². The Morgan fingerprint density at radius 1 is 1.18 bits per heavy atom. The zero-order valence-corrected chi connectivity index (χ0v) is 19.7. The molecular weight excluding hydrogens is 446 g/mol. The molecule has 0 radical (unpaired) electrons. The molecule has 12 nitrogen and oxygen atoms in total. The summed E-state index contributed by atoms with van der Waals surface area (Å²) in [5.41, 5.74) is -0.0634. The fourth-order valence-corrected chi connectivity index (χ4v) is 3.85. The van der Waals surface area contributed by atoms with Crippen molar-refractivity contribution in [2.45, 2.75) is 84.3 Å². The van der Waals surface area contributed by atoms with Gasteiger partial charge in [0.05, 0.1) is 17.8 Å². The highest BCUT2D eigenvalue weighted by Gasteiger charge is 2.39. The molecule has 0 aromatic carbocycles. The second-order valence-corrected chi connectivity index (χ2v) is 8.35. The summed E-state index contributed by atoms with van der Waals surface area (Å²) in [5, 5.41) is 8.24. The molecule has 0 bridgehead atoms. The number of nitrogens with zero attached hydrogens (tertiary/aromatic N) is 4. The number of carbonyl (C=O) groups excluding carboxylic acids is 2. The Bertz CT molecular complexity index is 1110.